The number of H-pyrrole nitrogens is 1. The highest BCUT2D eigenvalue weighted by Crippen LogP contribution is 2.28. The third-order valence-electron chi connectivity index (χ3n) is 3.14. The van der Waals surface area contributed by atoms with Crippen LogP contribution in [0.3, 0.4) is 0 Å². The monoisotopic (exact) mass is 347 g/mol. The summed E-state index contributed by atoms with van der Waals surface area (Å²) in [6.07, 6.45) is 0. The van der Waals surface area contributed by atoms with E-state index in [4.69, 9.17) is 23.2 Å². The standard InChI is InChI=1S/C16H11Cl2N3O2/c17-12-5-4-9(6-13(12)18)14-8-15(21-20-14)16(23)19-10-2-1-3-11(22)7-10/h1-8,22H,(H,19,23)(H,20,21). The normalized spacial score (nSPS) is 10.5. The number of aromatic amines is 1. The van der Waals surface area contributed by atoms with Gasteiger partial charge in [0.15, 0.2) is 0 Å². The zero-order valence-electron chi connectivity index (χ0n) is 11.7. The molecule has 0 radical (unpaired) electrons. The van der Waals surface area contributed by atoms with Gasteiger partial charge in [-0.1, -0.05) is 35.3 Å². The molecule has 0 aliphatic heterocycles. The maximum Gasteiger partial charge on any atom is 0.273 e. The maximum atomic E-state index is 12.2. The Balaban J connectivity index is 1.81. The van der Waals surface area contributed by atoms with Gasteiger partial charge >= 0.3 is 0 Å². The summed E-state index contributed by atoms with van der Waals surface area (Å²) in [6, 6.07) is 13.0. The average Bonchev–Trinajstić information content (AvgIpc) is 3.00. The van der Waals surface area contributed by atoms with E-state index in [1.54, 1.807) is 36.4 Å². The molecule has 3 rings (SSSR count). The molecule has 0 saturated carbocycles. The molecular weight excluding hydrogens is 337 g/mol. The van der Waals surface area contributed by atoms with Gasteiger partial charge in [0.1, 0.15) is 11.4 Å². The largest absolute Gasteiger partial charge is 0.508 e. The lowest BCUT2D eigenvalue weighted by molar-refractivity contribution is 0.102. The maximum absolute atomic E-state index is 12.2. The molecule has 1 aromatic heterocycles. The van der Waals surface area contributed by atoms with Crippen molar-refractivity contribution in [2.24, 2.45) is 0 Å². The molecule has 0 bridgehead atoms. The average molecular weight is 348 g/mol. The Bertz CT molecular complexity index is 877. The predicted octanol–water partition coefficient (Wildman–Crippen LogP) is 4.34. The fourth-order valence-corrected chi connectivity index (χ4v) is 2.32. The Morgan fingerprint density at radius 3 is 2.65 bits per heavy atom. The number of anilines is 1. The topological polar surface area (TPSA) is 78.0 Å². The third-order valence-corrected chi connectivity index (χ3v) is 3.88. The predicted molar refractivity (Wildman–Crippen MR) is 90.1 cm³/mol. The van der Waals surface area contributed by atoms with Crippen LogP contribution >= 0.6 is 23.2 Å². The van der Waals surface area contributed by atoms with Crippen molar-refractivity contribution in [3.8, 4) is 17.0 Å². The summed E-state index contributed by atoms with van der Waals surface area (Å²) in [5.41, 5.74) is 2.09. The van der Waals surface area contributed by atoms with Crippen molar-refractivity contribution in [3.63, 3.8) is 0 Å². The molecule has 0 atom stereocenters. The first-order chi connectivity index (χ1) is 11.0. The molecular formula is C16H11Cl2N3O2. The van der Waals surface area contributed by atoms with Gasteiger partial charge in [-0.15, -0.1) is 0 Å². The second-order valence-corrected chi connectivity index (χ2v) is 5.61. The zero-order chi connectivity index (χ0) is 16.4. The smallest absolute Gasteiger partial charge is 0.273 e. The molecule has 0 fully saturated rings. The van der Waals surface area contributed by atoms with E-state index in [0.29, 0.717) is 21.4 Å². The van der Waals surface area contributed by atoms with Gasteiger partial charge in [0.2, 0.25) is 0 Å². The second kappa shape index (κ2) is 6.32. The minimum Gasteiger partial charge on any atom is -0.508 e. The molecule has 3 aromatic rings. The number of phenolic OH excluding ortho intramolecular Hbond substituents is 1. The van der Waals surface area contributed by atoms with Crippen molar-refractivity contribution >= 4 is 34.8 Å². The SMILES string of the molecule is O=C(Nc1cccc(O)c1)c1cc(-c2ccc(Cl)c(Cl)c2)n[nH]1. The molecule has 23 heavy (non-hydrogen) atoms. The molecule has 116 valence electrons. The van der Waals surface area contributed by atoms with Crippen LogP contribution in [0.5, 0.6) is 5.75 Å². The Morgan fingerprint density at radius 1 is 1.09 bits per heavy atom. The zero-order valence-corrected chi connectivity index (χ0v) is 13.2. The van der Waals surface area contributed by atoms with Crippen molar-refractivity contribution in [3.05, 3.63) is 64.3 Å². The number of amides is 1. The highest BCUT2D eigenvalue weighted by atomic mass is 35.5. The second-order valence-electron chi connectivity index (χ2n) is 4.80. The molecule has 0 spiro atoms. The fourth-order valence-electron chi connectivity index (χ4n) is 2.02. The summed E-state index contributed by atoms with van der Waals surface area (Å²) in [4.78, 5) is 12.2. The van der Waals surface area contributed by atoms with Crippen LogP contribution in [-0.4, -0.2) is 21.2 Å². The van der Waals surface area contributed by atoms with E-state index in [0.717, 1.165) is 5.56 Å². The van der Waals surface area contributed by atoms with Crippen LogP contribution < -0.4 is 5.32 Å². The summed E-state index contributed by atoms with van der Waals surface area (Å²) in [5, 5.41) is 19.7. The number of carbonyl (C=O) groups excluding carboxylic acids is 1. The van der Waals surface area contributed by atoms with Gasteiger partial charge in [-0.05, 0) is 30.3 Å². The van der Waals surface area contributed by atoms with E-state index < -0.39 is 0 Å². The minimum absolute atomic E-state index is 0.0731. The molecule has 7 heteroatoms. The molecule has 1 amide bonds. The first-order valence-corrected chi connectivity index (χ1v) is 7.40. The van der Waals surface area contributed by atoms with Gasteiger partial charge in [-0.2, -0.15) is 5.10 Å². The molecule has 1 heterocycles. The third kappa shape index (κ3) is 3.47. The van der Waals surface area contributed by atoms with E-state index in [2.05, 4.69) is 15.5 Å². The molecule has 3 N–H and O–H groups in total. The van der Waals surface area contributed by atoms with Crippen LogP contribution in [0.25, 0.3) is 11.3 Å². The number of aromatic hydroxyl groups is 1. The molecule has 0 aliphatic carbocycles. The van der Waals surface area contributed by atoms with Crippen molar-refractivity contribution < 1.29 is 9.90 Å². The summed E-state index contributed by atoms with van der Waals surface area (Å²) in [7, 11) is 0. The summed E-state index contributed by atoms with van der Waals surface area (Å²) in [6.45, 7) is 0. The lowest BCUT2D eigenvalue weighted by Gasteiger charge is -2.03. The minimum atomic E-state index is -0.366. The quantitative estimate of drug-likeness (QED) is 0.659. The Kier molecular flexibility index (Phi) is 4.23. The van der Waals surface area contributed by atoms with E-state index in [9.17, 15) is 9.90 Å². The van der Waals surface area contributed by atoms with Gasteiger partial charge in [-0.3, -0.25) is 9.89 Å². The lowest BCUT2D eigenvalue weighted by atomic mass is 10.1. The number of rotatable bonds is 3. The number of aromatic nitrogens is 2. The molecule has 2 aromatic carbocycles. The summed E-state index contributed by atoms with van der Waals surface area (Å²) >= 11 is 11.9. The van der Waals surface area contributed by atoms with E-state index in [1.165, 1.54) is 12.1 Å². The number of phenols is 1. The number of hydrogen-bond acceptors (Lipinski definition) is 3. The van der Waals surface area contributed by atoms with Crippen LogP contribution in [0.15, 0.2) is 48.5 Å². The number of nitrogens with zero attached hydrogens (tertiary/aromatic N) is 1. The number of nitrogens with one attached hydrogen (secondary N) is 2. The molecule has 0 aliphatic rings. The van der Waals surface area contributed by atoms with Crippen LogP contribution in [0, 0.1) is 0 Å². The summed E-state index contributed by atoms with van der Waals surface area (Å²) in [5.74, 6) is -0.293. The number of hydrogen-bond donors (Lipinski definition) is 3. The number of halogens is 2. The highest BCUT2D eigenvalue weighted by Gasteiger charge is 2.12. The van der Waals surface area contributed by atoms with Gasteiger partial charge in [0, 0.05) is 17.3 Å². The van der Waals surface area contributed by atoms with Crippen molar-refractivity contribution in [1.29, 1.82) is 0 Å². The van der Waals surface area contributed by atoms with E-state index in [-0.39, 0.29) is 17.4 Å². The highest BCUT2D eigenvalue weighted by molar-refractivity contribution is 6.42. The number of carbonyl (C=O) groups is 1. The van der Waals surface area contributed by atoms with Crippen molar-refractivity contribution in [1.82, 2.24) is 10.2 Å². The molecule has 5 nitrogen and oxygen atoms in total. The first-order valence-electron chi connectivity index (χ1n) is 6.64. The number of benzene rings is 2. The molecule has 0 unspecified atom stereocenters. The van der Waals surface area contributed by atoms with E-state index in [1.807, 2.05) is 0 Å². The van der Waals surface area contributed by atoms with Gasteiger partial charge in [-0.25, -0.2) is 0 Å². The van der Waals surface area contributed by atoms with Crippen LogP contribution in [0.4, 0.5) is 5.69 Å². The van der Waals surface area contributed by atoms with Gasteiger partial charge < -0.3 is 10.4 Å². The van der Waals surface area contributed by atoms with Crippen LogP contribution in [-0.2, 0) is 0 Å². The van der Waals surface area contributed by atoms with Crippen molar-refractivity contribution in [2.45, 2.75) is 0 Å². The summed E-state index contributed by atoms with van der Waals surface area (Å²) < 4.78 is 0. The van der Waals surface area contributed by atoms with Gasteiger partial charge in [0.25, 0.3) is 5.91 Å². The van der Waals surface area contributed by atoms with E-state index >= 15 is 0 Å². The van der Waals surface area contributed by atoms with Crippen LogP contribution in [0.1, 0.15) is 10.5 Å². The Labute approximate surface area is 141 Å². The van der Waals surface area contributed by atoms with Gasteiger partial charge in [0.05, 0.1) is 15.7 Å². The Hall–Kier alpha value is -2.50. The Morgan fingerprint density at radius 2 is 1.91 bits per heavy atom. The van der Waals surface area contributed by atoms with Crippen molar-refractivity contribution in [2.75, 3.05) is 5.32 Å². The van der Waals surface area contributed by atoms with Crippen LogP contribution in [0.2, 0.25) is 10.0 Å². The fraction of sp³-hybridized carbons (Fsp3) is 0. The first kappa shape index (κ1) is 15.4. The lowest BCUT2D eigenvalue weighted by Crippen LogP contribution is -2.12. The molecule has 0 saturated heterocycles.